The van der Waals surface area contributed by atoms with E-state index in [9.17, 15) is 0 Å². The molecule has 0 radical (unpaired) electrons. The summed E-state index contributed by atoms with van der Waals surface area (Å²) >= 11 is 2.43. The van der Waals surface area contributed by atoms with E-state index < -0.39 is 0 Å². The molecule has 16 heavy (non-hydrogen) atoms. The second-order valence-electron chi connectivity index (χ2n) is 5.27. The van der Waals surface area contributed by atoms with Crippen LogP contribution >= 0.6 is 22.6 Å². The highest BCUT2D eigenvalue weighted by Gasteiger charge is 2.26. The van der Waals surface area contributed by atoms with E-state index in [1.54, 1.807) is 0 Å². The number of rotatable bonds is 4. The van der Waals surface area contributed by atoms with Crippen molar-refractivity contribution >= 4 is 22.6 Å². The Labute approximate surface area is 113 Å². The van der Waals surface area contributed by atoms with Crippen LogP contribution in [-0.2, 0) is 0 Å². The van der Waals surface area contributed by atoms with Gasteiger partial charge in [-0.05, 0) is 52.6 Å². The van der Waals surface area contributed by atoms with E-state index in [4.69, 9.17) is 0 Å². The Kier molecular flexibility index (Phi) is 5.25. The van der Waals surface area contributed by atoms with Gasteiger partial charge in [-0.1, -0.05) is 45.9 Å². The molecule has 0 heterocycles. The maximum absolute atomic E-state index is 3.66. The molecule has 0 saturated heterocycles. The summed E-state index contributed by atoms with van der Waals surface area (Å²) in [6.07, 6.45) is 1.18. The second kappa shape index (κ2) is 6.01. The average Bonchev–Trinajstić information content (AvgIpc) is 2.19. The number of halogens is 1. The molecule has 0 fully saturated rings. The summed E-state index contributed by atoms with van der Waals surface area (Å²) in [6.45, 7) is 10.2. The van der Waals surface area contributed by atoms with Crippen LogP contribution in [0.15, 0.2) is 24.3 Å². The van der Waals surface area contributed by atoms with Gasteiger partial charge in [0, 0.05) is 9.61 Å². The molecular weight excluding hydrogens is 309 g/mol. The largest absolute Gasteiger partial charge is 0.309 e. The topological polar surface area (TPSA) is 12.0 Å². The molecule has 0 aromatic heterocycles. The molecule has 1 rings (SSSR count). The lowest BCUT2D eigenvalue weighted by atomic mass is 9.82. The Morgan fingerprint density at radius 2 is 1.88 bits per heavy atom. The second-order valence-corrected chi connectivity index (χ2v) is 6.44. The van der Waals surface area contributed by atoms with Crippen molar-refractivity contribution in [3.05, 3.63) is 33.4 Å². The third-order valence-corrected chi connectivity index (χ3v) is 3.66. The summed E-state index contributed by atoms with van der Waals surface area (Å²) < 4.78 is 1.35. The van der Waals surface area contributed by atoms with Crippen LogP contribution < -0.4 is 5.32 Å². The van der Waals surface area contributed by atoms with Gasteiger partial charge in [0.05, 0.1) is 0 Å². The normalized spacial score (nSPS) is 13.8. The third kappa shape index (κ3) is 3.74. The standard InChI is InChI=1S/C14H22IN/c1-5-10-16-13(14(2,3)4)11-8-6-7-9-12(11)15/h6-9,13,16H,5,10H2,1-4H3. The molecule has 1 aromatic carbocycles. The van der Waals surface area contributed by atoms with Gasteiger partial charge in [0.25, 0.3) is 0 Å². The zero-order valence-corrected chi connectivity index (χ0v) is 12.8. The molecule has 0 aliphatic rings. The lowest BCUT2D eigenvalue weighted by Gasteiger charge is -2.32. The van der Waals surface area contributed by atoms with Crippen LogP contribution in [0.2, 0.25) is 0 Å². The molecule has 1 unspecified atom stereocenters. The SMILES string of the molecule is CCCNC(c1ccccc1I)C(C)(C)C. The maximum atomic E-state index is 3.66. The van der Waals surface area contributed by atoms with E-state index in [1.807, 2.05) is 0 Å². The van der Waals surface area contributed by atoms with Crippen LogP contribution in [-0.4, -0.2) is 6.54 Å². The molecule has 1 aromatic rings. The van der Waals surface area contributed by atoms with E-state index >= 15 is 0 Å². The van der Waals surface area contributed by atoms with Crippen molar-refractivity contribution in [2.75, 3.05) is 6.54 Å². The fourth-order valence-electron chi connectivity index (χ4n) is 1.88. The zero-order chi connectivity index (χ0) is 12.2. The highest BCUT2D eigenvalue weighted by Crippen LogP contribution is 2.34. The van der Waals surface area contributed by atoms with E-state index in [0.29, 0.717) is 6.04 Å². The Bertz CT molecular complexity index is 328. The van der Waals surface area contributed by atoms with Gasteiger partial charge in [-0.15, -0.1) is 0 Å². The molecule has 0 aliphatic heterocycles. The molecule has 1 atom stereocenters. The van der Waals surface area contributed by atoms with Gasteiger partial charge in [-0.2, -0.15) is 0 Å². The fraction of sp³-hybridized carbons (Fsp3) is 0.571. The highest BCUT2D eigenvalue weighted by atomic mass is 127. The minimum Gasteiger partial charge on any atom is -0.309 e. The first-order valence-corrected chi connectivity index (χ1v) is 7.02. The van der Waals surface area contributed by atoms with E-state index in [1.165, 1.54) is 15.6 Å². The quantitative estimate of drug-likeness (QED) is 0.808. The van der Waals surface area contributed by atoms with Gasteiger partial charge in [-0.3, -0.25) is 0 Å². The average molecular weight is 331 g/mol. The molecule has 0 spiro atoms. The Hall–Kier alpha value is -0.0900. The maximum Gasteiger partial charge on any atom is 0.0379 e. The minimum atomic E-state index is 0.246. The first kappa shape index (κ1) is 14.0. The van der Waals surface area contributed by atoms with Crippen LogP contribution in [0.3, 0.4) is 0 Å². The number of hydrogen-bond acceptors (Lipinski definition) is 1. The number of nitrogens with one attached hydrogen (secondary N) is 1. The fourth-order valence-corrected chi connectivity index (χ4v) is 2.58. The van der Waals surface area contributed by atoms with Crippen molar-refractivity contribution in [2.45, 2.75) is 40.2 Å². The third-order valence-electron chi connectivity index (χ3n) is 2.68. The molecule has 0 saturated carbocycles. The summed E-state index contributed by atoms with van der Waals surface area (Å²) in [6, 6.07) is 9.08. The molecule has 1 nitrogen and oxygen atoms in total. The van der Waals surface area contributed by atoms with Gasteiger partial charge in [0.2, 0.25) is 0 Å². The highest BCUT2D eigenvalue weighted by molar-refractivity contribution is 14.1. The molecule has 1 N–H and O–H groups in total. The summed E-state index contributed by atoms with van der Waals surface area (Å²) in [4.78, 5) is 0. The van der Waals surface area contributed by atoms with Crippen LogP contribution in [0.4, 0.5) is 0 Å². The summed E-state index contributed by atoms with van der Waals surface area (Å²) in [5.41, 5.74) is 1.67. The van der Waals surface area contributed by atoms with Crippen molar-refractivity contribution in [1.82, 2.24) is 5.32 Å². The Balaban J connectivity index is 2.97. The van der Waals surface area contributed by atoms with Crippen molar-refractivity contribution in [1.29, 1.82) is 0 Å². The molecular formula is C14H22IN. The van der Waals surface area contributed by atoms with Crippen molar-refractivity contribution in [2.24, 2.45) is 5.41 Å². The number of benzene rings is 1. The predicted molar refractivity (Wildman–Crippen MR) is 79.6 cm³/mol. The van der Waals surface area contributed by atoms with Gasteiger partial charge < -0.3 is 5.32 Å². The predicted octanol–water partition coefficient (Wildman–Crippen LogP) is 4.38. The van der Waals surface area contributed by atoms with Crippen LogP contribution in [0.5, 0.6) is 0 Å². The number of hydrogen-bond donors (Lipinski definition) is 1. The first-order valence-electron chi connectivity index (χ1n) is 5.94. The lowest BCUT2D eigenvalue weighted by Crippen LogP contribution is -2.33. The first-order chi connectivity index (χ1) is 7.46. The smallest absolute Gasteiger partial charge is 0.0379 e. The summed E-state index contributed by atoms with van der Waals surface area (Å²) in [7, 11) is 0. The van der Waals surface area contributed by atoms with Gasteiger partial charge >= 0.3 is 0 Å². The van der Waals surface area contributed by atoms with E-state index in [-0.39, 0.29) is 5.41 Å². The Morgan fingerprint density at radius 1 is 1.25 bits per heavy atom. The van der Waals surface area contributed by atoms with Crippen molar-refractivity contribution in [3.8, 4) is 0 Å². The van der Waals surface area contributed by atoms with Crippen LogP contribution in [0.1, 0.15) is 45.7 Å². The summed E-state index contributed by atoms with van der Waals surface area (Å²) in [5.74, 6) is 0. The Morgan fingerprint density at radius 3 is 2.38 bits per heavy atom. The summed E-state index contributed by atoms with van der Waals surface area (Å²) in [5, 5.41) is 3.66. The molecule has 0 amide bonds. The van der Waals surface area contributed by atoms with Gasteiger partial charge in [-0.25, -0.2) is 0 Å². The van der Waals surface area contributed by atoms with Gasteiger partial charge in [0.15, 0.2) is 0 Å². The molecule has 2 heteroatoms. The van der Waals surface area contributed by atoms with Crippen molar-refractivity contribution < 1.29 is 0 Å². The van der Waals surface area contributed by atoms with E-state index in [0.717, 1.165) is 6.54 Å². The van der Waals surface area contributed by atoms with E-state index in [2.05, 4.69) is 79.9 Å². The van der Waals surface area contributed by atoms with Crippen LogP contribution in [0, 0.1) is 8.99 Å². The molecule has 0 aliphatic carbocycles. The molecule has 90 valence electrons. The lowest BCUT2D eigenvalue weighted by molar-refractivity contribution is 0.272. The van der Waals surface area contributed by atoms with Crippen molar-refractivity contribution in [3.63, 3.8) is 0 Å². The zero-order valence-electron chi connectivity index (χ0n) is 10.7. The minimum absolute atomic E-state index is 0.246. The van der Waals surface area contributed by atoms with Crippen LogP contribution in [0.25, 0.3) is 0 Å². The monoisotopic (exact) mass is 331 g/mol. The van der Waals surface area contributed by atoms with Gasteiger partial charge in [0.1, 0.15) is 0 Å². The molecule has 0 bridgehead atoms.